The van der Waals surface area contributed by atoms with Crippen LogP contribution in [-0.2, 0) is 19.0 Å². The maximum atomic E-state index is 11.8. The van der Waals surface area contributed by atoms with Gasteiger partial charge in [0.2, 0.25) is 0 Å². The molecule has 25 heavy (non-hydrogen) atoms. The Morgan fingerprint density at radius 2 is 1.72 bits per heavy atom. The molecule has 0 aromatic heterocycles. The normalized spacial score (nSPS) is 26.6. The highest BCUT2D eigenvalue weighted by Crippen LogP contribution is 2.29. The molecule has 5 nitrogen and oxygen atoms in total. The van der Waals surface area contributed by atoms with Crippen molar-refractivity contribution < 1.29 is 19.0 Å². The van der Waals surface area contributed by atoms with E-state index in [2.05, 4.69) is 20.8 Å². The molecule has 0 aromatic carbocycles. The zero-order valence-corrected chi connectivity index (χ0v) is 16.5. The predicted molar refractivity (Wildman–Crippen MR) is 100 cm³/mol. The predicted octanol–water partition coefficient (Wildman–Crippen LogP) is 3.83. The molecular formula is C20H39NO4. The van der Waals surface area contributed by atoms with Crippen LogP contribution in [0.4, 0.5) is 0 Å². The summed E-state index contributed by atoms with van der Waals surface area (Å²) in [6.07, 6.45) is 10.2. The molecule has 0 radical (unpaired) electrons. The van der Waals surface area contributed by atoms with Crippen LogP contribution < -0.4 is 5.73 Å². The quantitative estimate of drug-likeness (QED) is 0.401. The van der Waals surface area contributed by atoms with Gasteiger partial charge in [-0.1, -0.05) is 65.7 Å². The summed E-state index contributed by atoms with van der Waals surface area (Å²) in [5.74, 6) is -0.162. The second kappa shape index (κ2) is 13.5. The molecule has 0 amide bonds. The zero-order valence-electron chi connectivity index (χ0n) is 16.5. The van der Waals surface area contributed by atoms with Gasteiger partial charge in [0.25, 0.3) is 0 Å². The first-order chi connectivity index (χ1) is 12.1. The molecule has 1 aliphatic rings. The number of unbranched alkanes of at least 4 members (excludes halogenated alkanes) is 6. The zero-order chi connectivity index (χ0) is 18.5. The molecule has 1 fully saturated rings. The number of ether oxygens (including phenoxy) is 3. The maximum absolute atomic E-state index is 11.8. The summed E-state index contributed by atoms with van der Waals surface area (Å²) in [7, 11) is 0. The Kier molecular flexibility index (Phi) is 12.1. The topological polar surface area (TPSA) is 70.8 Å². The molecule has 1 saturated heterocycles. The summed E-state index contributed by atoms with van der Waals surface area (Å²) in [4.78, 5) is 11.8. The summed E-state index contributed by atoms with van der Waals surface area (Å²) >= 11 is 0. The maximum Gasteiger partial charge on any atom is 0.320 e. The third kappa shape index (κ3) is 8.52. The van der Waals surface area contributed by atoms with Gasteiger partial charge < -0.3 is 19.9 Å². The van der Waals surface area contributed by atoms with Crippen LogP contribution in [0.5, 0.6) is 0 Å². The van der Waals surface area contributed by atoms with Crippen molar-refractivity contribution in [2.45, 2.75) is 96.9 Å². The van der Waals surface area contributed by atoms with Crippen molar-refractivity contribution in [2.75, 3.05) is 19.8 Å². The van der Waals surface area contributed by atoms with Crippen LogP contribution in [0.1, 0.15) is 78.6 Å². The first kappa shape index (κ1) is 22.4. The first-order valence-corrected chi connectivity index (χ1v) is 10.3. The standard InChI is InChI=1S/C20H39NO4/c1-4-6-7-8-9-10-11-12-17-20(25-18(22)14-21)19(23-13-5-2)16(3)15-24-17/h16-17,19-20H,4-15,21H2,1-3H3/t16-,17-,19-,20+/m0/s1. The highest BCUT2D eigenvalue weighted by atomic mass is 16.6. The van der Waals surface area contributed by atoms with Crippen molar-refractivity contribution >= 4 is 5.97 Å². The number of esters is 1. The lowest BCUT2D eigenvalue weighted by molar-refractivity contribution is -0.204. The first-order valence-electron chi connectivity index (χ1n) is 10.3. The van der Waals surface area contributed by atoms with Gasteiger partial charge in [-0.15, -0.1) is 0 Å². The van der Waals surface area contributed by atoms with Gasteiger partial charge in [-0.2, -0.15) is 0 Å². The van der Waals surface area contributed by atoms with Gasteiger partial charge in [-0.3, -0.25) is 4.79 Å². The Morgan fingerprint density at radius 3 is 2.36 bits per heavy atom. The van der Waals surface area contributed by atoms with Gasteiger partial charge in [0, 0.05) is 12.5 Å². The average molecular weight is 358 g/mol. The summed E-state index contributed by atoms with van der Waals surface area (Å²) in [5, 5.41) is 0. The molecule has 5 heteroatoms. The molecule has 1 aliphatic heterocycles. The minimum absolute atomic E-state index is 0.0794. The number of hydrogen-bond donors (Lipinski definition) is 1. The van der Waals surface area contributed by atoms with Crippen molar-refractivity contribution in [3.8, 4) is 0 Å². The van der Waals surface area contributed by atoms with Gasteiger partial charge >= 0.3 is 5.97 Å². The number of rotatable bonds is 13. The fraction of sp³-hybridized carbons (Fsp3) is 0.950. The number of nitrogens with two attached hydrogens (primary N) is 1. The number of carbonyl (C=O) groups is 1. The van der Waals surface area contributed by atoms with Crippen LogP contribution >= 0.6 is 0 Å². The SMILES string of the molecule is CCCCCCCCC[C@@H]1OC[C@H](C)[C@H](OCCC)[C@@H]1OC(=O)CN. The van der Waals surface area contributed by atoms with E-state index in [9.17, 15) is 4.79 Å². The van der Waals surface area contributed by atoms with Crippen LogP contribution in [0.15, 0.2) is 0 Å². The van der Waals surface area contributed by atoms with Crippen molar-refractivity contribution in [1.29, 1.82) is 0 Å². The summed E-state index contributed by atoms with van der Waals surface area (Å²) in [5.41, 5.74) is 5.44. The fourth-order valence-electron chi connectivity index (χ4n) is 3.41. The monoisotopic (exact) mass is 357 g/mol. The van der Waals surface area contributed by atoms with Gasteiger partial charge in [-0.25, -0.2) is 0 Å². The second-order valence-electron chi connectivity index (χ2n) is 7.25. The molecule has 0 bridgehead atoms. The van der Waals surface area contributed by atoms with Gasteiger partial charge in [0.1, 0.15) is 6.10 Å². The van der Waals surface area contributed by atoms with E-state index in [1.807, 2.05) is 0 Å². The Hall–Kier alpha value is -0.650. The van der Waals surface area contributed by atoms with E-state index in [1.165, 1.54) is 38.5 Å². The Labute approximate surface area is 154 Å². The highest BCUT2D eigenvalue weighted by Gasteiger charge is 2.41. The third-order valence-corrected chi connectivity index (χ3v) is 4.87. The molecule has 1 rings (SSSR count). The molecule has 148 valence electrons. The van der Waals surface area contributed by atoms with E-state index in [4.69, 9.17) is 19.9 Å². The summed E-state index contributed by atoms with van der Waals surface area (Å²) in [6, 6.07) is 0. The molecule has 0 saturated carbocycles. The van der Waals surface area contributed by atoms with E-state index < -0.39 is 0 Å². The van der Waals surface area contributed by atoms with E-state index in [1.54, 1.807) is 0 Å². The van der Waals surface area contributed by atoms with Gasteiger partial charge in [0.05, 0.1) is 19.3 Å². The molecule has 1 heterocycles. The van der Waals surface area contributed by atoms with Crippen molar-refractivity contribution in [3.05, 3.63) is 0 Å². The Bertz CT molecular complexity index is 351. The smallest absolute Gasteiger partial charge is 0.320 e. The molecule has 4 atom stereocenters. The highest BCUT2D eigenvalue weighted by molar-refractivity contribution is 5.71. The van der Waals surface area contributed by atoms with E-state index in [-0.39, 0.29) is 36.7 Å². The fourth-order valence-corrected chi connectivity index (χ4v) is 3.41. The van der Waals surface area contributed by atoms with Crippen LogP contribution in [0.3, 0.4) is 0 Å². The Balaban J connectivity index is 2.50. The van der Waals surface area contributed by atoms with E-state index in [0.717, 1.165) is 19.3 Å². The molecule has 0 unspecified atom stereocenters. The lowest BCUT2D eigenvalue weighted by Crippen LogP contribution is -2.53. The van der Waals surface area contributed by atoms with Crippen molar-refractivity contribution in [1.82, 2.24) is 0 Å². The second-order valence-corrected chi connectivity index (χ2v) is 7.25. The molecule has 0 spiro atoms. The van der Waals surface area contributed by atoms with Crippen LogP contribution in [0.2, 0.25) is 0 Å². The lowest BCUT2D eigenvalue weighted by Gasteiger charge is -2.41. The molecule has 0 aliphatic carbocycles. The van der Waals surface area contributed by atoms with Gasteiger partial charge in [-0.05, 0) is 12.8 Å². The van der Waals surface area contributed by atoms with Crippen LogP contribution in [0, 0.1) is 5.92 Å². The lowest BCUT2D eigenvalue weighted by atomic mass is 9.90. The van der Waals surface area contributed by atoms with Crippen molar-refractivity contribution in [2.24, 2.45) is 11.7 Å². The molecule has 2 N–H and O–H groups in total. The molecule has 0 aromatic rings. The third-order valence-electron chi connectivity index (χ3n) is 4.87. The van der Waals surface area contributed by atoms with Crippen molar-refractivity contribution in [3.63, 3.8) is 0 Å². The van der Waals surface area contributed by atoms with Crippen LogP contribution in [0.25, 0.3) is 0 Å². The minimum atomic E-state index is -0.377. The number of carbonyl (C=O) groups excluding carboxylic acids is 1. The minimum Gasteiger partial charge on any atom is -0.456 e. The summed E-state index contributed by atoms with van der Waals surface area (Å²) < 4.78 is 17.6. The number of hydrogen-bond acceptors (Lipinski definition) is 5. The Morgan fingerprint density at radius 1 is 1.04 bits per heavy atom. The molecular weight excluding hydrogens is 318 g/mol. The van der Waals surface area contributed by atoms with E-state index in [0.29, 0.717) is 13.2 Å². The average Bonchev–Trinajstić information content (AvgIpc) is 2.62. The summed E-state index contributed by atoms with van der Waals surface area (Å²) in [6.45, 7) is 7.65. The largest absolute Gasteiger partial charge is 0.456 e. The van der Waals surface area contributed by atoms with Gasteiger partial charge in [0.15, 0.2) is 6.10 Å². The van der Waals surface area contributed by atoms with E-state index >= 15 is 0 Å². The van der Waals surface area contributed by atoms with Crippen LogP contribution in [-0.4, -0.2) is 44.0 Å².